The standard InChI is InChI=1S/C11H15BrO4/c1-14-10-4-2-3-9(12)11(10)16-8-7-15-6-5-13/h2-4,13H,5-8H2,1H3. The molecule has 0 atom stereocenters. The quantitative estimate of drug-likeness (QED) is 0.779. The van der Waals surface area contributed by atoms with Crippen molar-refractivity contribution in [2.45, 2.75) is 0 Å². The van der Waals surface area contributed by atoms with E-state index in [9.17, 15) is 0 Å². The highest BCUT2D eigenvalue weighted by atomic mass is 79.9. The van der Waals surface area contributed by atoms with E-state index < -0.39 is 0 Å². The Labute approximate surface area is 103 Å². The fourth-order valence-corrected chi connectivity index (χ4v) is 1.62. The summed E-state index contributed by atoms with van der Waals surface area (Å²) in [6.07, 6.45) is 0. The molecule has 0 radical (unpaired) electrons. The zero-order chi connectivity index (χ0) is 11.8. The Balaban J connectivity index is 2.46. The number of methoxy groups -OCH3 is 1. The fraction of sp³-hybridized carbons (Fsp3) is 0.455. The Hall–Kier alpha value is -0.780. The highest BCUT2D eigenvalue weighted by Crippen LogP contribution is 2.34. The van der Waals surface area contributed by atoms with Gasteiger partial charge in [-0.2, -0.15) is 0 Å². The summed E-state index contributed by atoms with van der Waals surface area (Å²) in [4.78, 5) is 0. The molecule has 0 heterocycles. The van der Waals surface area contributed by atoms with Gasteiger partial charge in [0, 0.05) is 0 Å². The minimum atomic E-state index is 0.0261. The predicted octanol–water partition coefficient (Wildman–Crippen LogP) is 1.85. The van der Waals surface area contributed by atoms with Crippen LogP contribution >= 0.6 is 15.9 Å². The lowest BCUT2D eigenvalue weighted by Gasteiger charge is -2.12. The van der Waals surface area contributed by atoms with E-state index >= 15 is 0 Å². The number of halogens is 1. The normalized spacial score (nSPS) is 10.2. The van der Waals surface area contributed by atoms with Crippen LogP contribution in [0.1, 0.15) is 0 Å². The van der Waals surface area contributed by atoms with E-state index in [1.54, 1.807) is 7.11 Å². The van der Waals surface area contributed by atoms with Crippen molar-refractivity contribution >= 4 is 15.9 Å². The molecule has 0 aliphatic heterocycles. The molecular weight excluding hydrogens is 276 g/mol. The molecule has 4 nitrogen and oxygen atoms in total. The summed E-state index contributed by atoms with van der Waals surface area (Å²) < 4.78 is 16.6. The number of ether oxygens (including phenoxy) is 3. The summed E-state index contributed by atoms with van der Waals surface area (Å²) in [5, 5.41) is 8.52. The third kappa shape index (κ3) is 4.00. The summed E-state index contributed by atoms with van der Waals surface area (Å²) in [6.45, 7) is 1.21. The Kier molecular flexibility index (Phi) is 6.22. The number of benzene rings is 1. The first-order chi connectivity index (χ1) is 7.79. The van der Waals surface area contributed by atoms with Crippen molar-refractivity contribution in [2.24, 2.45) is 0 Å². The van der Waals surface area contributed by atoms with Crippen LogP contribution < -0.4 is 9.47 Å². The molecule has 1 N–H and O–H groups in total. The molecule has 0 spiro atoms. The van der Waals surface area contributed by atoms with Gasteiger partial charge in [-0.05, 0) is 28.1 Å². The molecule has 16 heavy (non-hydrogen) atoms. The maximum Gasteiger partial charge on any atom is 0.175 e. The smallest absolute Gasteiger partial charge is 0.175 e. The molecule has 5 heteroatoms. The highest BCUT2D eigenvalue weighted by Gasteiger charge is 2.07. The van der Waals surface area contributed by atoms with Crippen molar-refractivity contribution in [1.29, 1.82) is 0 Å². The summed E-state index contributed by atoms with van der Waals surface area (Å²) in [5.41, 5.74) is 0. The van der Waals surface area contributed by atoms with Crippen molar-refractivity contribution in [3.05, 3.63) is 22.7 Å². The van der Waals surface area contributed by atoms with Gasteiger partial charge in [0.15, 0.2) is 11.5 Å². The van der Waals surface area contributed by atoms with Crippen LogP contribution in [0, 0.1) is 0 Å². The molecular formula is C11H15BrO4. The number of hydrogen-bond acceptors (Lipinski definition) is 4. The zero-order valence-corrected chi connectivity index (χ0v) is 10.7. The van der Waals surface area contributed by atoms with Gasteiger partial charge in [-0.15, -0.1) is 0 Å². The van der Waals surface area contributed by atoms with E-state index in [1.807, 2.05) is 18.2 Å². The van der Waals surface area contributed by atoms with Gasteiger partial charge in [0.2, 0.25) is 0 Å². The van der Waals surface area contributed by atoms with E-state index in [-0.39, 0.29) is 6.61 Å². The van der Waals surface area contributed by atoms with Crippen LogP contribution in [0.5, 0.6) is 11.5 Å². The van der Waals surface area contributed by atoms with Gasteiger partial charge in [-0.1, -0.05) is 6.07 Å². The second-order valence-corrected chi connectivity index (χ2v) is 3.81. The largest absolute Gasteiger partial charge is 0.493 e. The van der Waals surface area contributed by atoms with Gasteiger partial charge < -0.3 is 19.3 Å². The molecule has 1 aromatic carbocycles. The van der Waals surface area contributed by atoms with Crippen LogP contribution in [0.2, 0.25) is 0 Å². The summed E-state index contributed by atoms with van der Waals surface area (Å²) >= 11 is 3.38. The van der Waals surface area contributed by atoms with E-state index in [0.717, 1.165) is 4.47 Å². The molecule has 1 aromatic rings. The maximum atomic E-state index is 8.52. The van der Waals surface area contributed by atoms with Gasteiger partial charge in [0.05, 0.1) is 31.4 Å². The first-order valence-corrected chi connectivity index (χ1v) is 5.72. The molecule has 90 valence electrons. The number of hydrogen-bond donors (Lipinski definition) is 1. The van der Waals surface area contributed by atoms with E-state index in [0.29, 0.717) is 31.3 Å². The Morgan fingerprint density at radius 2 is 2.06 bits per heavy atom. The van der Waals surface area contributed by atoms with Crippen LogP contribution in [0.25, 0.3) is 0 Å². The monoisotopic (exact) mass is 290 g/mol. The third-order valence-corrected chi connectivity index (χ3v) is 2.48. The predicted molar refractivity (Wildman–Crippen MR) is 64.1 cm³/mol. The van der Waals surface area contributed by atoms with Crippen LogP contribution in [0.15, 0.2) is 22.7 Å². The third-order valence-electron chi connectivity index (χ3n) is 1.86. The Morgan fingerprint density at radius 1 is 1.25 bits per heavy atom. The molecule has 0 aliphatic carbocycles. The van der Waals surface area contributed by atoms with Gasteiger partial charge >= 0.3 is 0 Å². The molecule has 0 amide bonds. The SMILES string of the molecule is COc1cccc(Br)c1OCCOCCO. The fourth-order valence-electron chi connectivity index (χ4n) is 1.16. The van der Waals surface area contributed by atoms with Crippen LogP contribution in [0.3, 0.4) is 0 Å². The minimum Gasteiger partial charge on any atom is -0.493 e. The summed E-state index contributed by atoms with van der Waals surface area (Å²) in [6, 6.07) is 5.58. The molecule has 0 aliphatic rings. The average molecular weight is 291 g/mol. The summed E-state index contributed by atoms with van der Waals surface area (Å²) in [7, 11) is 1.59. The lowest BCUT2D eigenvalue weighted by atomic mass is 10.3. The zero-order valence-electron chi connectivity index (χ0n) is 9.11. The van der Waals surface area contributed by atoms with E-state index in [4.69, 9.17) is 19.3 Å². The van der Waals surface area contributed by atoms with Crippen molar-refractivity contribution < 1.29 is 19.3 Å². The number of rotatable bonds is 7. The number of aliphatic hydroxyl groups is 1. The molecule has 0 bridgehead atoms. The Bertz CT molecular complexity index is 317. The maximum absolute atomic E-state index is 8.52. The first kappa shape index (κ1) is 13.3. The molecule has 0 saturated heterocycles. The Morgan fingerprint density at radius 3 is 2.75 bits per heavy atom. The van der Waals surface area contributed by atoms with E-state index in [1.165, 1.54) is 0 Å². The lowest BCUT2D eigenvalue weighted by Crippen LogP contribution is -2.09. The van der Waals surface area contributed by atoms with Crippen molar-refractivity contribution in [3.63, 3.8) is 0 Å². The van der Waals surface area contributed by atoms with Gasteiger partial charge in [0.1, 0.15) is 6.61 Å². The molecule has 0 unspecified atom stereocenters. The molecule has 1 rings (SSSR count). The minimum absolute atomic E-state index is 0.0261. The highest BCUT2D eigenvalue weighted by molar-refractivity contribution is 9.10. The number of aliphatic hydroxyl groups excluding tert-OH is 1. The van der Waals surface area contributed by atoms with Crippen LogP contribution in [-0.2, 0) is 4.74 Å². The lowest BCUT2D eigenvalue weighted by molar-refractivity contribution is 0.0697. The molecule has 0 aromatic heterocycles. The van der Waals surface area contributed by atoms with Crippen LogP contribution in [0.4, 0.5) is 0 Å². The first-order valence-electron chi connectivity index (χ1n) is 4.93. The second-order valence-electron chi connectivity index (χ2n) is 2.96. The van der Waals surface area contributed by atoms with Crippen molar-refractivity contribution in [3.8, 4) is 11.5 Å². The average Bonchev–Trinajstić information content (AvgIpc) is 2.30. The van der Waals surface area contributed by atoms with Gasteiger partial charge in [0.25, 0.3) is 0 Å². The second kappa shape index (κ2) is 7.49. The van der Waals surface area contributed by atoms with Gasteiger partial charge in [-0.3, -0.25) is 0 Å². The van der Waals surface area contributed by atoms with Gasteiger partial charge in [-0.25, -0.2) is 0 Å². The van der Waals surface area contributed by atoms with E-state index in [2.05, 4.69) is 15.9 Å². The van der Waals surface area contributed by atoms with Crippen molar-refractivity contribution in [1.82, 2.24) is 0 Å². The molecule has 0 fully saturated rings. The number of para-hydroxylation sites is 1. The van der Waals surface area contributed by atoms with Crippen molar-refractivity contribution in [2.75, 3.05) is 33.5 Å². The summed E-state index contributed by atoms with van der Waals surface area (Å²) in [5.74, 6) is 1.34. The topological polar surface area (TPSA) is 47.9 Å². The molecule has 0 saturated carbocycles. The van der Waals surface area contributed by atoms with Crippen LogP contribution in [-0.4, -0.2) is 38.6 Å².